The largest absolute Gasteiger partial charge is 0.494 e. The molecule has 0 saturated carbocycles. The average Bonchev–Trinajstić information content (AvgIpc) is 2.90. The highest BCUT2D eigenvalue weighted by Crippen LogP contribution is 2.37. The minimum absolute atomic E-state index is 0.209. The van der Waals surface area contributed by atoms with Gasteiger partial charge in [-0.25, -0.2) is 5.43 Å². The van der Waals surface area contributed by atoms with E-state index in [1.807, 2.05) is 68.4 Å². The van der Waals surface area contributed by atoms with E-state index in [0.29, 0.717) is 31.3 Å². The van der Waals surface area contributed by atoms with Crippen LogP contribution in [0.2, 0.25) is 0 Å². The van der Waals surface area contributed by atoms with Crippen LogP contribution in [0.3, 0.4) is 0 Å². The van der Waals surface area contributed by atoms with Crippen LogP contribution in [0.5, 0.6) is 17.2 Å². The van der Waals surface area contributed by atoms with Gasteiger partial charge in [0.2, 0.25) is 5.91 Å². The summed E-state index contributed by atoms with van der Waals surface area (Å²) in [6, 6.07) is 25.6. The second-order valence-electron chi connectivity index (χ2n) is 8.24. The van der Waals surface area contributed by atoms with Gasteiger partial charge in [0.15, 0.2) is 11.5 Å². The summed E-state index contributed by atoms with van der Waals surface area (Å²) >= 11 is 3.61. The molecule has 0 heterocycles. The van der Waals surface area contributed by atoms with E-state index in [-0.39, 0.29) is 12.3 Å². The summed E-state index contributed by atoms with van der Waals surface area (Å²) in [5, 5.41) is 6.44. The number of fused-ring (bicyclic) bond motifs is 1. The highest BCUT2D eigenvalue weighted by molar-refractivity contribution is 9.10. The normalized spacial score (nSPS) is 11.0. The van der Waals surface area contributed by atoms with Gasteiger partial charge in [-0.1, -0.05) is 54.6 Å². The van der Waals surface area contributed by atoms with E-state index in [9.17, 15) is 4.79 Å². The van der Waals surface area contributed by atoms with Crippen LogP contribution in [0, 0.1) is 0 Å². The van der Waals surface area contributed by atoms with E-state index in [1.54, 1.807) is 6.21 Å². The third-order valence-electron chi connectivity index (χ3n) is 5.59. The third kappa shape index (κ3) is 7.11. The van der Waals surface area contributed by atoms with Gasteiger partial charge in [-0.15, -0.1) is 0 Å². The van der Waals surface area contributed by atoms with Crippen LogP contribution < -0.4 is 19.6 Å². The summed E-state index contributed by atoms with van der Waals surface area (Å²) in [7, 11) is 0. The Hall–Kier alpha value is -3.84. The standard InChI is InChI=1S/C30H29BrN2O4/c1-3-35-25-14-12-21(13-15-25)18-29(34)33-32-19-22-16-27(31)30(28(17-22)36-4-2)37-20-24-10-7-9-23-8-5-6-11-26(23)24/h5-17,19H,3-4,18,20H2,1-2H3,(H,33,34)/b32-19+. The van der Waals surface area contributed by atoms with Crippen molar-refractivity contribution in [1.82, 2.24) is 5.43 Å². The topological polar surface area (TPSA) is 69.2 Å². The van der Waals surface area contributed by atoms with Crippen LogP contribution in [0.1, 0.15) is 30.5 Å². The Morgan fingerprint density at radius 2 is 1.68 bits per heavy atom. The smallest absolute Gasteiger partial charge is 0.244 e. The van der Waals surface area contributed by atoms with Crippen LogP contribution in [-0.4, -0.2) is 25.3 Å². The van der Waals surface area contributed by atoms with Crippen molar-refractivity contribution in [2.45, 2.75) is 26.9 Å². The van der Waals surface area contributed by atoms with Crippen LogP contribution in [0.25, 0.3) is 10.8 Å². The molecule has 1 amide bonds. The van der Waals surface area contributed by atoms with Gasteiger partial charge in [0.05, 0.1) is 30.3 Å². The number of nitrogens with zero attached hydrogens (tertiary/aromatic N) is 1. The molecule has 0 fully saturated rings. The van der Waals surface area contributed by atoms with Crippen LogP contribution in [-0.2, 0) is 17.8 Å². The number of hydrogen-bond donors (Lipinski definition) is 1. The van der Waals surface area contributed by atoms with Crippen molar-refractivity contribution in [1.29, 1.82) is 0 Å². The molecule has 0 aliphatic rings. The Morgan fingerprint density at radius 1 is 0.919 bits per heavy atom. The van der Waals surface area contributed by atoms with Crippen LogP contribution in [0.4, 0.5) is 0 Å². The lowest BCUT2D eigenvalue weighted by Crippen LogP contribution is -2.19. The number of hydrogen-bond acceptors (Lipinski definition) is 5. The number of carbonyl (C=O) groups excluding carboxylic acids is 1. The first kappa shape index (κ1) is 26.2. The molecule has 6 nitrogen and oxygen atoms in total. The van der Waals surface area contributed by atoms with Gasteiger partial charge in [-0.3, -0.25) is 4.79 Å². The Morgan fingerprint density at radius 3 is 2.46 bits per heavy atom. The van der Waals surface area contributed by atoms with E-state index in [2.05, 4.69) is 50.7 Å². The average molecular weight is 561 g/mol. The maximum absolute atomic E-state index is 12.3. The molecule has 0 saturated heterocycles. The molecular weight excluding hydrogens is 532 g/mol. The number of rotatable bonds is 11. The minimum Gasteiger partial charge on any atom is -0.494 e. The zero-order chi connectivity index (χ0) is 26.0. The van der Waals surface area contributed by atoms with E-state index in [0.717, 1.165) is 32.3 Å². The van der Waals surface area contributed by atoms with Gasteiger partial charge in [-0.05, 0) is 81.5 Å². The van der Waals surface area contributed by atoms with Crippen molar-refractivity contribution in [2.75, 3.05) is 13.2 Å². The monoisotopic (exact) mass is 560 g/mol. The molecule has 0 bridgehead atoms. The van der Waals surface area contributed by atoms with Gasteiger partial charge in [0.25, 0.3) is 0 Å². The minimum atomic E-state index is -0.209. The van der Waals surface area contributed by atoms with Gasteiger partial charge < -0.3 is 14.2 Å². The number of ether oxygens (including phenoxy) is 3. The molecule has 0 aliphatic heterocycles. The molecule has 4 aromatic rings. The highest BCUT2D eigenvalue weighted by atomic mass is 79.9. The molecule has 1 N–H and O–H groups in total. The lowest BCUT2D eigenvalue weighted by Gasteiger charge is -2.15. The van der Waals surface area contributed by atoms with E-state index in [4.69, 9.17) is 14.2 Å². The summed E-state index contributed by atoms with van der Waals surface area (Å²) < 4.78 is 18.2. The molecular formula is C30H29BrN2O4. The van der Waals surface area contributed by atoms with Gasteiger partial charge in [-0.2, -0.15) is 5.10 Å². The second-order valence-corrected chi connectivity index (χ2v) is 9.09. The number of nitrogens with one attached hydrogen (secondary N) is 1. The number of hydrazone groups is 1. The van der Waals surface area contributed by atoms with Crippen molar-refractivity contribution in [3.8, 4) is 17.2 Å². The number of amides is 1. The van der Waals surface area contributed by atoms with E-state index < -0.39 is 0 Å². The van der Waals surface area contributed by atoms with Gasteiger partial charge in [0.1, 0.15) is 12.4 Å². The SMILES string of the molecule is CCOc1ccc(CC(=O)N/N=C/c2cc(Br)c(OCc3cccc4ccccc34)c(OCC)c2)cc1. The zero-order valence-corrected chi connectivity index (χ0v) is 22.5. The second kappa shape index (κ2) is 12.9. The molecule has 0 atom stereocenters. The summed E-state index contributed by atoms with van der Waals surface area (Å²) in [4.78, 5) is 12.3. The fourth-order valence-corrected chi connectivity index (χ4v) is 4.48. The fourth-order valence-electron chi connectivity index (χ4n) is 3.91. The molecule has 37 heavy (non-hydrogen) atoms. The first-order valence-electron chi connectivity index (χ1n) is 12.2. The number of carbonyl (C=O) groups is 1. The fraction of sp³-hybridized carbons (Fsp3) is 0.200. The molecule has 0 spiro atoms. The predicted molar refractivity (Wildman–Crippen MR) is 151 cm³/mol. The highest BCUT2D eigenvalue weighted by Gasteiger charge is 2.13. The van der Waals surface area contributed by atoms with Gasteiger partial charge >= 0.3 is 0 Å². The molecule has 190 valence electrons. The molecule has 0 aromatic heterocycles. The lowest BCUT2D eigenvalue weighted by atomic mass is 10.1. The first-order valence-corrected chi connectivity index (χ1v) is 13.0. The maximum atomic E-state index is 12.3. The Kier molecular flexibility index (Phi) is 9.16. The summed E-state index contributed by atoms with van der Waals surface area (Å²) in [5.74, 6) is 1.79. The van der Waals surface area contributed by atoms with Crippen molar-refractivity contribution in [3.63, 3.8) is 0 Å². The summed E-state index contributed by atoms with van der Waals surface area (Å²) in [6.45, 7) is 5.34. The Labute approximate surface area is 225 Å². The summed E-state index contributed by atoms with van der Waals surface area (Å²) in [5.41, 5.74) is 5.31. The van der Waals surface area contributed by atoms with Gasteiger partial charge in [0, 0.05) is 0 Å². The molecule has 4 aromatic carbocycles. The number of benzene rings is 4. The Bertz CT molecular complexity index is 1380. The third-order valence-corrected chi connectivity index (χ3v) is 6.17. The molecule has 7 heteroatoms. The van der Waals surface area contributed by atoms with Crippen molar-refractivity contribution >= 4 is 38.8 Å². The first-order chi connectivity index (χ1) is 18.1. The van der Waals surface area contributed by atoms with Crippen LogP contribution in [0.15, 0.2) is 88.4 Å². The van der Waals surface area contributed by atoms with E-state index in [1.165, 1.54) is 5.39 Å². The molecule has 0 radical (unpaired) electrons. The van der Waals surface area contributed by atoms with Crippen LogP contribution >= 0.6 is 15.9 Å². The molecule has 4 rings (SSSR count). The molecule has 0 unspecified atom stereocenters. The maximum Gasteiger partial charge on any atom is 0.244 e. The summed E-state index contributed by atoms with van der Waals surface area (Å²) in [6.07, 6.45) is 1.80. The van der Waals surface area contributed by atoms with Crippen molar-refractivity contribution < 1.29 is 19.0 Å². The zero-order valence-electron chi connectivity index (χ0n) is 20.9. The van der Waals surface area contributed by atoms with Crippen molar-refractivity contribution in [2.24, 2.45) is 5.10 Å². The predicted octanol–water partition coefficient (Wildman–Crippen LogP) is 6.67. The van der Waals surface area contributed by atoms with Crippen molar-refractivity contribution in [3.05, 3.63) is 100 Å². The number of halogens is 1. The van der Waals surface area contributed by atoms with E-state index >= 15 is 0 Å². The Balaban J connectivity index is 1.41. The molecule has 0 aliphatic carbocycles. The lowest BCUT2D eigenvalue weighted by molar-refractivity contribution is -0.120. The quantitative estimate of drug-likeness (QED) is 0.164.